The molecular formula is C14H21BrN2O. The normalized spacial score (nSPS) is 25.3. The van der Waals surface area contributed by atoms with Crippen molar-refractivity contribution in [3.05, 3.63) is 33.8 Å². The van der Waals surface area contributed by atoms with Gasteiger partial charge in [0.05, 0.1) is 18.8 Å². The van der Waals surface area contributed by atoms with Gasteiger partial charge in [0.25, 0.3) is 0 Å². The topological polar surface area (TPSA) is 24.5 Å². The first-order chi connectivity index (χ1) is 8.63. The second-order valence-corrected chi connectivity index (χ2v) is 5.77. The Labute approximate surface area is 118 Å². The Morgan fingerprint density at radius 3 is 2.94 bits per heavy atom. The SMILES string of the molecule is CNCC1OCCN(C)C1c1ccc(C)cc1Br. The van der Waals surface area contributed by atoms with Crippen LogP contribution in [-0.4, -0.2) is 44.8 Å². The lowest BCUT2D eigenvalue weighted by Gasteiger charge is -2.39. The van der Waals surface area contributed by atoms with Crippen LogP contribution in [0.3, 0.4) is 0 Å². The number of nitrogens with zero attached hydrogens (tertiary/aromatic N) is 1. The van der Waals surface area contributed by atoms with E-state index in [1.807, 2.05) is 7.05 Å². The molecule has 1 aliphatic heterocycles. The van der Waals surface area contributed by atoms with Crippen LogP contribution >= 0.6 is 15.9 Å². The number of nitrogens with one attached hydrogen (secondary N) is 1. The molecule has 0 aliphatic carbocycles. The summed E-state index contributed by atoms with van der Waals surface area (Å²) in [6.07, 6.45) is 0.202. The molecule has 100 valence electrons. The molecule has 1 aliphatic rings. The number of likely N-dealkylation sites (N-methyl/N-ethyl adjacent to an activating group) is 2. The largest absolute Gasteiger partial charge is 0.374 e. The third-order valence-corrected chi connectivity index (χ3v) is 4.17. The highest BCUT2D eigenvalue weighted by atomic mass is 79.9. The van der Waals surface area contributed by atoms with Crippen LogP contribution in [0.1, 0.15) is 17.2 Å². The van der Waals surface area contributed by atoms with Crippen molar-refractivity contribution in [2.75, 3.05) is 33.8 Å². The Balaban J connectivity index is 2.31. The number of ether oxygens (including phenoxy) is 1. The number of halogens is 1. The number of benzene rings is 1. The van der Waals surface area contributed by atoms with Crippen molar-refractivity contribution in [1.29, 1.82) is 0 Å². The quantitative estimate of drug-likeness (QED) is 0.927. The predicted molar refractivity (Wildman–Crippen MR) is 77.9 cm³/mol. The van der Waals surface area contributed by atoms with Gasteiger partial charge in [0.1, 0.15) is 0 Å². The van der Waals surface area contributed by atoms with Crippen molar-refractivity contribution in [1.82, 2.24) is 10.2 Å². The summed E-state index contributed by atoms with van der Waals surface area (Å²) in [5.41, 5.74) is 2.58. The number of rotatable bonds is 3. The molecule has 0 spiro atoms. The molecule has 3 nitrogen and oxygen atoms in total. The summed E-state index contributed by atoms with van der Waals surface area (Å²) >= 11 is 3.69. The first kappa shape index (κ1) is 14.0. The zero-order valence-electron chi connectivity index (χ0n) is 11.2. The third kappa shape index (κ3) is 2.94. The van der Waals surface area contributed by atoms with E-state index in [9.17, 15) is 0 Å². The van der Waals surface area contributed by atoms with Crippen molar-refractivity contribution in [3.8, 4) is 0 Å². The third-order valence-electron chi connectivity index (χ3n) is 3.48. The number of hydrogen-bond acceptors (Lipinski definition) is 3. The maximum atomic E-state index is 5.92. The molecular weight excluding hydrogens is 292 g/mol. The van der Waals surface area contributed by atoms with Gasteiger partial charge in [-0.05, 0) is 38.2 Å². The second kappa shape index (κ2) is 6.15. The maximum absolute atomic E-state index is 5.92. The number of hydrogen-bond donors (Lipinski definition) is 1. The molecule has 0 amide bonds. The fraction of sp³-hybridized carbons (Fsp3) is 0.571. The number of morpholine rings is 1. The van der Waals surface area contributed by atoms with Gasteiger partial charge in [-0.25, -0.2) is 0 Å². The van der Waals surface area contributed by atoms with Gasteiger partial charge >= 0.3 is 0 Å². The van der Waals surface area contributed by atoms with Crippen LogP contribution in [-0.2, 0) is 4.74 Å². The van der Waals surface area contributed by atoms with E-state index >= 15 is 0 Å². The molecule has 1 fully saturated rings. The highest BCUT2D eigenvalue weighted by Crippen LogP contribution is 2.33. The van der Waals surface area contributed by atoms with Gasteiger partial charge in [-0.1, -0.05) is 28.1 Å². The smallest absolute Gasteiger partial charge is 0.0896 e. The van der Waals surface area contributed by atoms with Crippen LogP contribution in [0.15, 0.2) is 22.7 Å². The summed E-state index contributed by atoms with van der Waals surface area (Å²) < 4.78 is 7.09. The summed E-state index contributed by atoms with van der Waals surface area (Å²) in [6.45, 7) is 4.77. The Morgan fingerprint density at radius 2 is 2.28 bits per heavy atom. The van der Waals surface area contributed by atoms with E-state index in [-0.39, 0.29) is 6.10 Å². The molecule has 1 heterocycles. The molecule has 0 aromatic heterocycles. The lowest BCUT2D eigenvalue weighted by atomic mass is 9.97. The average molecular weight is 313 g/mol. The molecule has 2 unspecified atom stereocenters. The molecule has 2 rings (SSSR count). The Morgan fingerprint density at radius 1 is 1.50 bits per heavy atom. The van der Waals surface area contributed by atoms with Crippen LogP contribution in [0.4, 0.5) is 0 Å². The summed E-state index contributed by atoms with van der Waals surface area (Å²) in [7, 11) is 4.14. The lowest BCUT2D eigenvalue weighted by molar-refractivity contribution is -0.0608. The molecule has 1 N–H and O–H groups in total. The van der Waals surface area contributed by atoms with Crippen LogP contribution in [0, 0.1) is 6.92 Å². The van der Waals surface area contributed by atoms with Gasteiger partial charge < -0.3 is 10.1 Å². The average Bonchev–Trinajstić information content (AvgIpc) is 2.31. The van der Waals surface area contributed by atoms with Gasteiger partial charge in [0, 0.05) is 17.6 Å². The van der Waals surface area contributed by atoms with Crippen LogP contribution in [0.5, 0.6) is 0 Å². The van der Waals surface area contributed by atoms with Crippen molar-refractivity contribution >= 4 is 15.9 Å². The van der Waals surface area contributed by atoms with Crippen molar-refractivity contribution in [2.45, 2.75) is 19.1 Å². The molecule has 0 saturated carbocycles. The van der Waals surface area contributed by atoms with E-state index in [0.29, 0.717) is 6.04 Å². The summed E-state index contributed by atoms with van der Waals surface area (Å²) in [5.74, 6) is 0. The zero-order valence-corrected chi connectivity index (χ0v) is 12.8. The Hall–Kier alpha value is -0.420. The molecule has 1 saturated heterocycles. The van der Waals surface area contributed by atoms with Crippen molar-refractivity contribution in [2.24, 2.45) is 0 Å². The highest BCUT2D eigenvalue weighted by molar-refractivity contribution is 9.10. The van der Waals surface area contributed by atoms with Crippen LogP contribution in [0.2, 0.25) is 0 Å². The molecule has 0 bridgehead atoms. The van der Waals surface area contributed by atoms with E-state index in [0.717, 1.165) is 19.7 Å². The maximum Gasteiger partial charge on any atom is 0.0896 e. The molecule has 2 atom stereocenters. The highest BCUT2D eigenvalue weighted by Gasteiger charge is 2.32. The van der Waals surface area contributed by atoms with Crippen LogP contribution < -0.4 is 5.32 Å². The van der Waals surface area contributed by atoms with E-state index in [2.05, 4.69) is 58.3 Å². The summed E-state index contributed by atoms with van der Waals surface area (Å²) in [6, 6.07) is 6.85. The van der Waals surface area contributed by atoms with Crippen molar-refractivity contribution in [3.63, 3.8) is 0 Å². The standard InChI is InChI=1S/C14H21BrN2O/c1-10-4-5-11(12(15)8-10)14-13(9-16-2)18-7-6-17(14)3/h4-5,8,13-14,16H,6-7,9H2,1-3H3. The summed E-state index contributed by atoms with van der Waals surface area (Å²) in [5, 5.41) is 3.22. The molecule has 1 aromatic rings. The molecule has 4 heteroatoms. The van der Waals surface area contributed by atoms with Crippen LogP contribution in [0.25, 0.3) is 0 Å². The zero-order chi connectivity index (χ0) is 13.1. The Bertz CT molecular complexity index is 409. The van der Waals surface area contributed by atoms with Gasteiger partial charge in [0.15, 0.2) is 0 Å². The van der Waals surface area contributed by atoms with Gasteiger partial charge in [0.2, 0.25) is 0 Å². The van der Waals surface area contributed by atoms with E-state index in [4.69, 9.17) is 4.74 Å². The second-order valence-electron chi connectivity index (χ2n) is 4.92. The van der Waals surface area contributed by atoms with E-state index in [1.54, 1.807) is 0 Å². The first-order valence-electron chi connectivity index (χ1n) is 6.36. The minimum absolute atomic E-state index is 0.202. The monoisotopic (exact) mass is 312 g/mol. The van der Waals surface area contributed by atoms with E-state index < -0.39 is 0 Å². The number of aryl methyl sites for hydroxylation is 1. The van der Waals surface area contributed by atoms with Gasteiger partial charge in [-0.2, -0.15) is 0 Å². The van der Waals surface area contributed by atoms with E-state index in [1.165, 1.54) is 15.6 Å². The molecule has 0 radical (unpaired) electrons. The Kier molecular flexibility index (Phi) is 4.78. The predicted octanol–water partition coefficient (Wildman–Crippen LogP) is 2.35. The molecule has 1 aromatic carbocycles. The van der Waals surface area contributed by atoms with Gasteiger partial charge in [-0.3, -0.25) is 4.90 Å². The minimum Gasteiger partial charge on any atom is -0.374 e. The first-order valence-corrected chi connectivity index (χ1v) is 7.15. The fourth-order valence-electron chi connectivity index (χ4n) is 2.54. The molecule has 18 heavy (non-hydrogen) atoms. The minimum atomic E-state index is 0.202. The lowest BCUT2D eigenvalue weighted by Crippen LogP contribution is -2.47. The summed E-state index contributed by atoms with van der Waals surface area (Å²) in [4.78, 5) is 2.38. The van der Waals surface area contributed by atoms with Gasteiger partial charge in [-0.15, -0.1) is 0 Å². The van der Waals surface area contributed by atoms with Crippen molar-refractivity contribution < 1.29 is 4.74 Å². The fourth-order valence-corrected chi connectivity index (χ4v) is 3.27.